The molecule has 0 radical (unpaired) electrons. The van der Waals surface area contributed by atoms with E-state index < -0.39 is 0 Å². The van der Waals surface area contributed by atoms with Crippen LogP contribution in [0, 0.1) is 0 Å². The summed E-state index contributed by atoms with van der Waals surface area (Å²) in [5, 5.41) is 3.19. The number of anilines is 1. The number of rotatable bonds is 2. The van der Waals surface area contributed by atoms with Crippen LogP contribution in [0.5, 0.6) is 0 Å². The number of imidazole rings is 1. The number of nitrogens with two attached hydrogens (primary N) is 1. The molecule has 2 heterocycles. The van der Waals surface area contributed by atoms with Crippen molar-refractivity contribution < 1.29 is 0 Å². The molecule has 0 aliphatic carbocycles. The van der Waals surface area contributed by atoms with Gasteiger partial charge in [0.1, 0.15) is 12.1 Å². The topological polar surface area (TPSA) is 74.9 Å². The van der Waals surface area contributed by atoms with Crippen LogP contribution in [0.2, 0.25) is 0 Å². The van der Waals surface area contributed by atoms with Crippen LogP contribution >= 0.6 is 12.2 Å². The third kappa shape index (κ3) is 2.05. The number of aromatic amines is 1. The maximum Gasteiger partial charge on any atom is 0.208 e. The Kier molecular flexibility index (Phi) is 2.90. The summed E-state index contributed by atoms with van der Waals surface area (Å²) >= 11 is 5.23. The SMILES string of the molecule is NNC(=S)N(c1cc2ccccc2[nH]1)n1ccnc1. The van der Waals surface area contributed by atoms with Crippen LogP contribution in [0.1, 0.15) is 0 Å². The highest BCUT2D eigenvalue weighted by Gasteiger charge is 2.15. The van der Waals surface area contributed by atoms with E-state index in [-0.39, 0.29) is 0 Å². The van der Waals surface area contributed by atoms with Crippen molar-refractivity contribution in [3.05, 3.63) is 49.1 Å². The van der Waals surface area contributed by atoms with Crippen LogP contribution in [0.4, 0.5) is 5.82 Å². The summed E-state index contributed by atoms with van der Waals surface area (Å²) in [6, 6.07) is 9.99. The van der Waals surface area contributed by atoms with E-state index >= 15 is 0 Å². The number of fused-ring (bicyclic) bond motifs is 1. The van der Waals surface area contributed by atoms with Gasteiger partial charge in [-0.1, -0.05) is 18.2 Å². The smallest absolute Gasteiger partial charge is 0.208 e. The minimum atomic E-state index is 0.365. The first kappa shape index (κ1) is 11.7. The Labute approximate surface area is 114 Å². The Morgan fingerprint density at radius 1 is 1.42 bits per heavy atom. The van der Waals surface area contributed by atoms with Crippen LogP contribution in [0.15, 0.2) is 49.1 Å². The largest absolute Gasteiger partial charge is 0.340 e. The molecule has 0 saturated heterocycles. The summed E-state index contributed by atoms with van der Waals surface area (Å²) in [4.78, 5) is 7.31. The molecule has 0 amide bonds. The Bertz CT molecular complexity index is 669. The van der Waals surface area contributed by atoms with Gasteiger partial charge in [0.25, 0.3) is 0 Å². The third-order valence-corrected chi connectivity index (χ3v) is 3.07. The standard InChI is InChI=1S/C12H12N6S/c13-16-12(19)18(17-6-5-14-8-17)11-7-9-3-1-2-4-10(9)15-11/h1-8,15H,13H2,(H,16,19). The van der Waals surface area contributed by atoms with Gasteiger partial charge in [-0.25, -0.2) is 20.5 Å². The third-order valence-electron chi connectivity index (χ3n) is 2.78. The van der Waals surface area contributed by atoms with Crippen molar-refractivity contribution in [2.24, 2.45) is 5.84 Å². The minimum Gasteiger partial charge on any atom is -0.340 e. The van der Waals surface area contributed by atoms with Crippen molar-refractivity contribution in [2.45, 2.75) is 0 Å². The molecule has 3 rings (SSSR count). The summed E-state index contributed by atoms with van der Waals surface area (Å²) in [6.07, 6.45) is 5.11. The van der Waals surface area contributed by atoms with Gasteiger partial charge in [-0.3, -0.25) is 5.43 Å². The second-order valence-corrected chi connectivity index (χ2v) is 4.33. The number of hydrazine groups is 1. The fourth-order valence-corrected chi connectivity index (χ4v) is 2.13. The highest BCUT2D eigenvalue weighted by atomic mass is 32.1. The predicted molar refractivity (Wildman–Crippen MR) is 78.3 cm³/mol. The van der Waals surface area contributed by atoms with E-state index in [0.717, 1.165) is 16.7 Å². The van der Waals surface area contributed by atoms with E-state index in [2.05, 4.69) is 15.4 Å². The minimum absolute atomic E-state index is 0.365. The molecule has 0 fully saturated rings. The van der Waals surface area contributed by atoms with Crippen LogP contribution in [-0.4, -0.2) is 19.8 Å². The van der Waals surface area contributed by atoms with Crippen LogP contribution in [0.3, 0.4) is 0 Å². The summed E-state index contributed by atoms with van der Waals surface area (Å²) in [5.74, 6) is 6.24. The van der Waals surface area contributed by atoms with E-state index in [1.165, 1.54) is 0 Å². The molecule has 0 atom stereocenters. The molecular formula is C12H12N6S. The van der Waals surface area contributed by atoms with E-state index in [0.29, 0.717) is 5.11 Å². The maximum absolute atomic E-state index is 5.43. The number of para-hydroxylation sites is 1. The molecular weight excluding hydrogens is 260 g/mol. The Hall–Kier alpha value is -2.38. The zero-order valence-electron chi connectivity index (χ0n) is 9.95. The van der Waals surface area contributed by atoms with Crippen LogP contribution in [-0.2, 0) is 0 Å². The van der Waals surface area contributed by atoms with Gasteiger partial charge in [0.05, 0.1) is 0 Å². The highest BCUT2D eigenvalue weighted by molar-refractivity contribution is 7.80. The monoisotopic (exact) mass is 272 g/mol. The van der Waals surface area contributed by atoms with Gasteiger partial charge in [0, 0.05) is 23.3 Å². The zero-order chi connectivity index (χ0) is 13.2. The first-order chi connectivity index (χ1) is 9.29. The van der Waals surface area contributed by atoms with E-state index in [1.807, 2.05) is 30.3 Å². The molecule has 0 unspecified atom stereocenters. The molecule has 0 bridgehead atoms. The van der Waals surface area contributed by atoms with Gasteiger partial charge < -0.3 is 4.98 Å². The van der Waals surface area contributed by atoms with Crippen molar-refractivity contribution >= 4 is 34.1 Å². The molecule has 3 aromatic rings. The summed E-state index contributed by atoms with van der Waals surface area (Å²) < 4.78 is 1.74. The van der Waals surface area contributed by atoms with E-state index in [1.54, 1.807) is 28.4 Å². The van der Waals surface area contributed by atoms with Gasteiger partial charge >= 0.3 is 0 Å². The summed E-state index contributed by atoms with van der Waals surface area (Å²) in [5.41, 5.74) is 3.51. The van der Waals surface area contributed by atoms with Gasteiger partial charge in [-0.05, 0) is 24.4 Å². The molecule has 6 nitrogen and oxygen atoms in total. The second-order valence-electron chi connectivity index (χ2n) is 3.95. The van der Waals surface area contributed by atoms with E-state index in [4.69, 9.17) is 18.1 Å². The lowest BCUT2D eigenvalue weighted by Gasteiger charge is -2.23. The Balaban J connectivity index is 2.11. The van der Waals surface area contributed by atoms with Crippen molar-refractivity contribution in [3.63, 3.8) is 0 Å². The summed E-state index contributed by atoms with van der Waals surface area (Å²) in [7, 11) is 0. The predicted octanol–water partition coefficient (Wildman–Crippen LogP) is 1.38. The Morgan fingerprint density at radius 3 is 2.95 bits per heavy atom. The number of H-pyrrole nitrogens is 1. The molecule has 2 aromatic heterocycles. The fraction of sp³-hybridized carbons (Fsp3) is 0. The zero-order valence-corrected chi connectivity index (χ0v) is 10.8. The molecule has 0 aliphatic rings. The van der Waals surface area contributed by atoms with Crippen molar-refractivity contribution in [1.29, 1.82) is 0 Å². The maximum atomic E-state index is 5.43. The lowest BCUT2D eigenvalue weighted by molar-refractivity contribution is 0.804. The number of hydrogen-bond acceptors (Lipinski definition) is 3. The average molecular weight is 272 g/mol. The molecule has 0 spiro atoms. The van der Waals surface area contributed by atoms with Gasteiger partial charge in [-0.2, -0.15) is 0 Å². The number of aromatic nitrogens is 3. The summed E-state index contributed by atoms with van der Waals surface area (Å²) in [6.45, 7) is 0. The van der Waals surface area contributed by atoms with Gasteiger partial charge in [0.2, 0.25) is 5.11 Å². The number of benzene rings is 1. The van der Waals surface area contributed by atoms with Crippen molar-refractivity contribution in [1.82, 2.24) is 20.1 Å². The Morgan fingerprint density at radius 2 is 2.26 bits per heavy atom. The van der Waals surface area contributed by atoms with Crippen LogP contribution < -0.4 is 16.3 Å². The van der Waals surface area contributed by atoms with Crippen molar-refractivity contribution in [3.8, 4) is 0 Å². The molecule has 4 N–H and O–H groups in total. The highest BCUT2D eigenvalue weighted by Crippen LogP contribution is 2.22. The lowest BCUT2D eigenvalue weighted by atomic mass is 10.2. The molecule has 0 aliphatic heterocycles. The lowest BCUT2D eigenvalue weighted by Crippen LogP contribution is -2.45. The number of hydrogen-bond donors (Lipinski definition) is 3. The first-order valence-corrected chi connectivity index (χ1v) is 6.07. The number of thiocarbonyl (C=S) groups is 1. The normalized spacial score (nSPS) is 10.6. The number of nitrogens with zero attached hydrogens (tertiary/aromatic N) is 3. The second kappa shape index (κ2) is 4.71. The first-order valence-electron chi connectivity index (χ1n) is 5.66. The van der Waals surface area contributed by atoms with Crippen LogP contribution in [0.25, 0.3) is 10.9 Å². The molecule has 7 heteroatoms. The average Bonchev–Trinajstić information content (AvgIpc) is 3.07. The molecule has 19 heavy (non-hydrogen) atoms. The molecule has 96 valence electrons. The quantitative estimate of drug-likeness (QED) is 0.373. The van der Waals surface area contributed by atoms with Gasteiger partial charge in [-0.15, -0.1) is 0 Å². The van der Waals surface area contributed by atoms with Crippen molar-refractivity contribution in [2.75, 3.05) is 5.01 Å². The van der Waals surface area contributed by atoms with Gasteiger partial charge in [0.15, 0.2) is 0 Å². The molecule has 1 aromatic carbocycles. The fourth-order valence-electron chi connectivity index (χ4n) is 1.94. The molecule has 0 saturated carbocycles. The number of nitrogens with one attached hydrogen (secondary N) is 2. The van der Waals surface area contributed by atoms with E-state index in [9.17, 15) is 0 Å².